The average Bonchev–Trinajstić information content (AvgIpc) is 3.29. The van der Waals surface area contributed by atoms with Crippen LogP contribution in [0.5, 0.6) is 0 Å². The first-order valence-electron chi connectivity index (χ1n) is 9.27. The summed E-state index contributed by atoms with van der Waals surface area (Å²) in [6, 6.07) is 9.45. The zero-order valence-corrected chi connectivity index (χ0v) is 16.2. The first kappa shape index (κ1) is 19.4. The van der Waals surface area contributed by atoms with Crippen LogP contribution < -0.4 is 16.1 Å². The maximum Gasteiger partial charge on any atom is 0.415 e. The number of pyridine rings is 1. The predicted molar refractivity (Wildman–Crippen MR) is 111 cm³/mol. The van der Waals surface area contributed by atoms with Crippen molar-refractivity contribution in [3.8, 4) is 11.1 Å². The number of carbonyl (C=O) groups excluding carboxylic acids is 2. The van der Waals surface area contributed by atoms with Crippen LogP contribution in [0.2, 0.25) is 0 Å². The number of aromatic nitrogens is 1. The van der Waals surface area contributed by atoms with Gasteiger partial charge in [-0.15, -0.1) is 0 Å². The molecule has 154 valence electrons. The summed E-state index contributed by atoms with van der Waals surface area (Å²) in [5.41, 5.74) is 3.78. The molecular weight excluding hydrogens is 388 g/mol. The van der Waals surface area contributed by atoms with Gasteiger partial charge in [-0.25, -0.2) is 19.6 Å². The van der Waals surface area contributed by atoms with Gasteiger partial charge in [0.05, 0.1) is 31.6 Å². The fourth-order valence-electron chi connectivity index (χ4n) is 3.67. The summed E-state index contributed by atoms with van der Waals surface area (Å²) in [4.78, 5) is 33.8. The number of nitrogens with zero attached hydrogens (tertiary/aromatic N) is 4. The minimum Gasteiger partial charge on any atom is -0.453 e. The van der Waals surface area contributed by atoms with E-state index in [-0.39, 0.29) is 12.6 Å². The Hall–Kier alpha value is -3.95. The van der Waals surface area contributed by atoms with Crippen molar-refractivity contribution < 1.29 is 19.1 Å². The number of hydrazone groups is 1. The highest BCUT2D eigenvalue weighted by Gasteiger charge is 2.47. The van der Waals surface area contributed by atoms with E-state index in [4.69, 9.17) is 10.6 Å². The summed E-state index contributed by atoms with van der Waals surface area (Å²) in [5.74, 6) is 5.57. The molecule has 0 radical (unpaired) electrons. The number of benzene rings is 1. The van der Waals surface area contributed by atoms with Crippen molar-refractivity contribution >= 4 is 36.1 Å². The number of amides is 2. The van der Waals surface area contributed by atoms with E-state index in [0.29, 0.717) is 12.2 Å². The van der Waals surface area contributed by atoms with Crippen LogP contribution in [0.3, 0.4) is 0 Å². The third-order valence-electron chi connectivity index (χ3n) is 5.05. The fraction of sp³-hybridized carbons (Fsp3) is 0.250. The summed E-state index contributed by atoms with van der Waals surface area (Å²) in [6.07, 6.45) is 3.81. The Morgan fingerprint density at radius 3 is 2.93 bits per heavy atom. The Morgan fingerprint density at radius 2 is 2.20 bits per heavy atom. The Kier molecular flexibility index (Phi) is 5.29. The molecule has 1 saturated heterocycles. The molecule has 2 aromatic rings. The Labute approximate surface area is 172 Å². The molecule has 10 heteroatoms. The SMILES string of the molecule is COC(=O)NC[C@@H]1OC(=O)N2c3ccc(-c4ccc(N=C/C=N\N)nc4)cc3C[C@@H]12. The van der Waals surface area contributed by atoms with E-state index >= 15 is 0 Å². The lowest BCUT2D eigenvalue weighted by molar-refractivity contribution is 0.123. The van der Waals surface area contributed by atoms with Gasteiger partial charge in [0, 0.05) is 18.0 Å². The quantitative estimate of drug-likeness (QED) is 0.442. The van der Waals surface area contributed by atoms with Crippen LogP contribution >= 0.6 is 0 Å². The zero-order chi connectivity index (χ0) is 21.1. The van der Waals surface area contributed by atoms with Gasteiger partial charge in [0.15, 0.2) is 5.82 Å². The number of alkyl carbamates (subject to hydrolysis) is 1. The number of rotatable bonds is 5. The minimum atomic E-state index is -0.558. The van der Waals surface area contributed by atoms with Gasteiger partial charge in [-0.05, 0) is 41.8 Å². The van der Waals surface area contributed by atoms with Crippen molar-refractivity contribution in [1.29, 1.82) is 0 Å². The number of hydrogen-bond donors (Lipinski definition) is 2. The summed E-state index contributed by atoms with van der Waals surface area (Å²) in [6.45, 7) is 0.196. The van der Waals surface area contributed by atoms with Gasteiger partial charge in [-0.2, -0.15) is 5.10 Å². The molecule has 0 saturated carbocycles. The highest BCUT2D eigenvalue weighted by Crippen LogP contribution is 2.40. The molecule has 2 atom stereocenters. The molecule has 3 N–H and O–H groups in total. The van der Waals surface area contributed by atoms with Gasteiger partial charge in [0.2, 0.25) is 0 Å². The van der Waals surface area contributed by atoms with Crippen molar-refractivity contribution in [2.75, 3.05) is 18.6 Å². The third-order valence-corrected chi connectivity index (χ3v) is 5.05. The second-order valence-corrected chi connectivity index (χ2v) is 6.76. The van der Waals surface area contributed by atoms with Gasteiger partial charge >= 0.3 is 12.2 Å². The lowest BCUT2D eigenvalue weighted by Crippen LogP contribution is -2.40. The van der Waals surface area contributed by atoms with E-state index in [0.717, 1.165) is 22.4 Å². The average molecular weight is 408 g/mol. The lowest BCUT2D eigenvalue weighted by Gasteiger charge is -2.16. The van der Waals surface area contributed by atoms with Gasteiger partial charge in [-0.1, -0.05) is 6.07 Å². The van der Waals surface area contributed by atoms with Gasteiger partial charge in [0.1, 0.15) is 6.10 Å². The van der Waals surface area contributed by atoms with E-state index in [2.05, 4.69) is 25.1 Å². The smallest absolute Gasteiger partial charge is 0.415 e. The molecular formula is C20H20N6O4. The fourth-order valence-corrected chi connectivity index (χ4v) is 3.67. The molecule has 1 aromatic carbocycles. The first-order chi connectivity index (χ1) is 14.6. The topological polar surface area (TPSA) is 132 Å². The maximum absolute atomic E-state index is 12.4. The molecule has 10 nitrogen and oxygen atoms in total. The van der Waals surface area contributed by atoms with Crippen LogP contribution in [0, 0.1) is 0 Å². The van der Waals surface area contributed by atoms with Crippen LogP contribution in [0.15, 0.2) is 46.6 Å². The van der Waals surface area contributed by atoms with E-state index in [9.17, 15) is 9.59 Å². The Bertz CT molecular complexity index is 1020. The molecule has 30 heavy (non-hydrogen) atoms. The second kappa shape index (κ2) is 8.19. The zero-order valence-electron chi connectivity index (χ0n) is 16.2. The maximum atomic E-state index is 12.4. The number of cyclic esters (lactones) is 1. The van der Waals surface area contributed by atoms with E-state index < -0.39 is 18.3 Å². The minimum absolute atomic E-state index is 0.168. The largest absolute Gasteiger partial charge is 0.453 e. The predicted octanol–water partition coefficient (Wildman–Crippen LogP) is 2.00. The van der Waals surface area contributed by atoms with Crippen molar-refractivity contribution in [1.82, 2.24) is 10.3 Å². The van der Waals surface area contributed by atoms with E-state index in [1.54, 1.807) is 17.2 Å². The van der Waals surface area contributed by atoms with Crippen LogP contribution in [0.1, 0.15) is 5.56 Å². The molecule has 0 aliphatic carbocycles. The molecule has 2 aliphatic rings. The van der Waals surface area contributed by atoms with Crippen molar-refractivity contribution in [3.63, 3.8) is 0 Å². The Morgan fingerprint density at radius 1 is 1.37 bits per heavy atom. The number of fused-ring (bicyclic) bond motifs is 3. The number of methoxy groups -OCH3 is 1. The van der Waals surface area contributed by atoms with Crippen molar-refractivity contribution in [2.45, 2.75) is 18.6 Å². The molecule has 0 unspecified atom stereocenters. The number of aliphatic imine (C=N–C) groups is 1. The highest BCUT2D eigenvalue weighted by molar-refractivity contribution is 6.16. The number of carbonyl (C=O) groups is 2. The molecule has 0 bridgehead atoms. The van der Waals surface area contributed by atoms with Gasteiger partial charge < -0.3 is 20.6 Å². The van der Waals surface area contributed by atoms with Gasteiger partial charge in [-0.3, -0.25) is 4.90 Å². The molecule has 4 rings (SSSR count). The Balaban J connectivity index is 1.52. The molecule has 2 aliphatic heterocycles. The van der Waals surface area contributed by atoms with Crippen LogP contribution in [0.25, 0.3) is 11.1 Å². The number of nitrogens with two attached hydrogens (primary N) is 1. The normalized spacial score (nSPS) is 19.8. The first-order valence-corrected chi connectivity index (χ1v) is 9.27. The lowest BCUT2D eigenvalue weighted by atomic mass is 10.0. The van der Waals surface area contributed by atoms with Crippen molar-refractivity contribution in [3.05, 3.63) is 42.1 Å². The monoisotopic (exact) mass is 408 g/mol. The standard InChI is InChI=1S/C20H20N6O4/c1-29-19(27)24-11-17-16-9-14-8-12(2-4-15(14)26(16)20(28)30-17)13-3-5-18(23-10-13)22-6-7-25-21/h2-8,10,16-17H,9,11,21H2,1H3,(H,24,27)/b22-6?,25-7-/t16-,17-/m0/s1. The second-order valence-electron chi connectivity index (χ2n) is 6.76. The summed E-state index contributed by atoms with van der Waals surface area (Å²) >= 11 is 0. The molecule has 1 fully saturated rings. The van der Waals surface area contributed by atoms with E-state index in [1.165, 1.54) is 19.5 Å². The van der Waals surface area contributed by atoms with E-state index in [1.807, 2.05) is 24.3 Å². The number of ether oxygens (including phenoxy) is 2. The summed E-state index contributed by atoms with van der Waals surface area (Å²) in [7, 11) is 1.29. The number of hydrogen-bond acceptors (Lipinski definition) is 8. The molecule has 3 heterocycles. The summed E-state index contributed by atoms with van der Waals surface area (Å²) in [5, 5.41) is 5.94. The number of nitrogens with one attached hydrogen (secondary N) is 1. The highest BCUT2D eigenvalue weighted by atomic mass is 16.6. The third kappa shape index (κ3) is 3.66. The molecule has 1 aromatic heterocycles. The number of anilines is 1. The molecule has 0 spiro atoms. The van der Waals surface area contributed by atoms with Crippen LogP contribution in [0.4, 0.5) is 21.1 Å². The van der Waals surface area contributed by atoms with Crippen LogP contribution in [-0.4, -0.2) is 55.4 Å². The molecule has 2 amide bonds. The summed E-state index contributed by atoms with van der Waals surface area (Å²) < 4.78 is 10.0. The van der Waals surface area contributed by atoms with Gasteiger partial charge in [0.25, 0.3) is 0 Å². The van der Waals surface area contributed by atoms with Crippen molar-refractivity contribution in [2.24, 2.45) is 15.9 Å². The van der Waals surface area contributed by atoms with Crippen LogP contribution in [-0.2, 0) is 15.9 Å².